The van der Waals surface area contributed by atoms with Crippen molar-refractivity contribution >= 4 is 5.91 Å². The van der Waals surface area contributed by atoms with Crippen LogP contribution in [0.5, 0.6) is 11.5 Å². The van der Waals surface area contributed by atoms with Gasteiger partial charge in [-0.25, -0.2) is 0 Å². The number of nitrogens with zero attached hydrogens (tertiary/aromatic N) is 1. The highest BCUT2D eigenvalue weighted by molar-refractivity contribution is 5.75. The molecule has 116 valence electrons. The first-order chi connectivity index (χ1) is 10.1. The fourth-order valence-electron chi connectivity index (χ4n) is 2.81. The standard InChI is InChI=1S/C16H22FNO3/c1-4-15(19)18-7-5-11(6-8-18)12-9-13(20-2)16(17)14(10-12)21-3/h9-11H,4-8H2,1-3H3. The second-order valence-electron chi connectivity index (χ2n) is 5.25. The van der Waals surface area contributed by atoms with Crippen molar-refractivity contribution in [1.82, 2.24) is 4.90 Å². The molecule has 0 atom stereocenters. The van der Waals surface area contributed by atoms with Crippen LogP contribution >= 0.6 is 0 Å². The summed E-state index contributed by atoms with van der Waals surface area (Å²) in [5.41, 5.74) is 1.01. The zero-order valence-corrected chi connectivity index (χ0v) is 12.8. The second-order valence-corrected chi connectivity index (χ2v) is 5.25. The molecule has 1 aliphatic heterocycles. The Morgan fingerprint density at radius 2 is 1.76 bits per heavy atom. The minimum Gasteiger partial charge on any atom is -0.494 e. The van der Waals surface area contributed by atoms with E-state index in [2.05, 4.69) is 0 Å². The van der Waals surface area contributed by atoms with Crippen LogP contribution < -0.4 is 9.47 Å². The van der Waals surface area contributed by atoms with Gasteiger partial charge in [0, 0.05) is 19.5 Å². The molecule has 1 heterocycles. The van der Waals surface area contributed by atoms with E-state index in [4.69, 9.17) is 9.47 Å². The molecule has 0 spiro atoms. The van der Waals surface area contributed by atoms with E-state index in [0.717, 1.165) is 31.5 Å². The third kappa shape index (κ3) is 3.28. The molecule has 2 rings (SSSR count). The summed E-state index contributed by atoms with van der Waals surface area (Å²) in [5.74, 6) is 0.437. The number of ether oxygens (including phenoxy) is 2. The molecule has 21 heavy (non-hydrogen) atoms. The number of methoxy groups -OCH3 is 2. The summed E-state index contributed by atoms with van der Waals surface area (Å²) < 4.78 is 24.1. The van der Waals surface area contributed by atoms with E-state index in [1.165, 1.54) is 14.2 Å². The summed E-state index contributed by atoms with van der Waals surface area (Å²) in [6.07, 6.45) is 2.30. The van der Waals surface area contributed by atoms with Crippen molar-refractivity contribution in [1.29, 1.82) is 0 Å². The Balaban J connectivity index is 2.15. The SMILES string of the molecule is CCC(=O)N1CCC(c2cc(OC)c(F)c(OC)c2)CC1. The van der Waals surface area contributed by atoms with E-state index in [-0.39, 0.29) is 17.4 Å². The Morgan fingerprint density at radius 3 is 2.19 bits per heavy atom. The van der Waals surface area contributed by atoms with Gasteiger partial charge in [0.05, 0.1) is 14.2 Å². The number of hydrogen-bond donors (Lipinski definition) is 0. The van der Waals surface area contributed by atoms with Gasteiger partial charge in [-0.05, 0) is 36.5 Å². The van der Waals surface area contributed by atoms with Gasteiger partial charge in [-0.1, -0.05) is 6.92 Å². The maximum Gasteiger partial charge on any atom is 0.222 e. The number of piperidine rings is 1. The summed E-state index contributed by atoms with van der Waals surface area (Å²) in [5, 5.41) is 0. The topological polar surface area (TPSA) is 38.8 Å². The number of benzene rings is 1. The summed E-state index contributed by atoms with van der Waals surface area (Å²) in [6.45, 7) is 3.38. The molecule has 1 aromatic rings. The largest absolute Gasteiger partial charge is 0.494 e. The van der Waals surface area contributed by atoms with Crippen LogP contribution in [-0.4, -0.2) is 38.1 Å². The number of rotatable bonds is 4. The van der Waals surface area contributed by atoms with Crippen molar-refractivity contribution in [2.24, 2.45) is 0 Å². The summed E-state index contributed by atoms with van der Waals surface area (Å²) in [7, 11) is 2.90. The van der Waals surface area contributed by atoms with Crippen molar-refractivity contribution in [2.45, 2.75) is 32.1 Å². The number of hydrogen-bond acceptors (Lipinski definition) is 3. The van der Waals surface area contributed by atoms with E-state index in [0.29, 0.717) is 12.3 Å². The molecule has 4 nitrogen and oxygen atoms in total. The van der Waals surface area contributed by atoms with Crippen LogP contribution in [0.15, 0.2) is 12.1 Å². The lowest BCUT2D eigenvalue weighted by Gasteiger charge is -2.32. The highest BCUT2D eigenvalue weighted by Gasteiger charge is 2.25. The van der Waals surface area contributed by atoms with Crippen LogP contribution in [0.4, 0.5) is 4.39 Å². The van der Waals surface area contributed by atoms with Crippen LogP contribution in [0.2, 0.25) is 0 Å². The second kappa shape index (κ2) is 6.78. The molecule has 1 amide bonds. The lowest BCUT2D eigenvalue weighted by molar-refractivity contribution is -0.131. The molecule has 1 saturated heterocycles. The number of likely N-dealkylation sites (tertiary alicyclic amines) is 1. The van der Waals surface area contributed by atoms with Crippen LogP contribution in [0, 0.1) is 5.82 Å². The molecule has 1 aromatic carbocycles. The van der Waals surface area contributed by atoms with Gasteiger partial charge in [0.2, 0.25) is 11.7 Å². The van der Waals surface area contributed by atoms with E-state index in [9.17, 15) is 9.18 Å². The Labute approximate surface area is 124 Å². The van der Waals surface area contributed by atoms with Crippen molar-refractivity contribution in [3.8, 4) is 11.5 Å². The summed E-state index contributed by atoms with van der Waals surface area (Å²) in [6, 6.07) is 3.47. The quantitative estimate of drug-likeness (QED) is 0.857. The van der Waals surface area contributed by atoms with Crippen molar-refractivity contribution in [3.63, 3.8) is 0 Å². The van der Waals surface area contributed by atoms with Gasteiger partial charge in [-0.2, -0.15) is 4.39 Å². The van der Waals surface area contributed by atoms with E-state index in [1.54, 1.807) is 12.1 Å². The molecule has 5 heteroatoms. The lowest BCUT2D eigenvalue weighted by atomic mass is 9.89. The first-order valence-corrected chi connectivity index (χ1v) is 7.29. The highest BCUT2D eigenvalue weighted by atomic mass is 19.1. The molecule has 0 radical (unpaired) electrons. The maximum absolute atomic E-state index is 13.9. The average molecular weight is 295 g/mol. The van der Waals surface area contributed by atoms with E-state index < -0.39 is 5.82 Å². The molecule has 1 aliphatic rings. The lowest BCUT2D eigenvalue weighted by Crippen LogP contribution is -2.37. The summed E-state index contributed by atoms with van der Waals surface area (Å²) in [4.78, 5) is 13.6. The molecule has 0 aromatic heterocycles. The Morgan fingerprint density at radius 1 is 1.24 bits per heavy atom. The highest BCUT2D eigenvalue weighted by Crippen LogP contribution is 2.35. The van der Waals surface area contributed by atoms with Gasteiger partial charge in [-0.15, -0.1) is 0 Å². The minimum atomic E-state index is -0.470. The van der Waals surface area contributed by atoms with Gasteiger partial charge in [0.15, 0.2) is 11.5 Å². The third-order valence-corrected chi connectivity index (χ3v) is 4.09. The first kappa shape index (κ1) is 15.6. The van der Waals surface area contributed by atoms with Crippen LogP contribution in [0.1, 0.15) is 37.7 Å². The van der Waals surface area contributed by atoms with E-state index >= 15 is 0 Å². The van der Waals surface area contributed by atoms with Gasteiger partial charge < -0.3 is 14.4 Å². The molecular weight excluding hydrogens is 273 g/mol. The van der Waals surface area contributed by atoms with Crippen molar-refractivity contribution in [2.75, 3.05) is 27.3 Å². The fourth-order valence-corrected chi connectivity index (χ4v) is 2.81. The molecule has 0 saturated carbocycles. The van der Waals surface area contributed by atoms with Gasteiger partial charge in [0.1, 0.15) is 0 Å². The van der Waals surface area contributed by atoms with Gasteiger partial charge in [-0.3, -0.25) is 4.79 Å². The monoisotopic (exact) mass is 295 g/mol. The number of amides is 1. The number of carbonyl (C=O) groups excluding carboxylic acids is 1. The zero-order valence-electron chi connectivity index (χ0n) is 12.8. The molecule has 0 bridgehead atoms. The Hall–Kier alpha value is -1.78. The summed E-state index contributed by atoms with van der Waals surface area (Å²) >= 11 is 0. The third-order valence-electron chi connectivity index (χ3n) is 4.09. The maximum atomic E-state index is 13.9. The molecule has 0 unspecified atom stereocenters. The zero-order chi connectivity index (χ0) is 15.4. The predicted molar refractivity (Wildman–Crippen MR) is 78.4 cm³/mol. The fraction of sp³-hybridized carbons (Fsp3) is 0.562. The van der Waals surface area contributed by atoms with Crippen LogP contribution in [-0.2, 0) is 4.79 Å². The molecule has 1 fully saturated rings. The van der Waals surface area contributed by atoms with E-state index in [1.807, 2.05) is 11.8 Å². The van der Waals surface area contributed by atoms with Crippen LogP contribution in [0.3, 0.4) is 0 Å². The first-order valence-electron chi connectivity index (χ1n) is 7.29. The van der Waals surface area contributed by atoms with Crippen LogP contribution in [0.25, 0.3) is 0 Å². The average Bonchev–Trinajstić information content (AvgIpc) is 2.54. The molecule has 0 aliphatic carbocycles. The predicted octanol–water partition coefficient (Wildman–Crippen LogP) is 2.96. The molecular formula is C16H22FNO3. The number of carbonyl (C=O) groups is 1. The smallest absolute Gasteiger partial charge is 0.222 e. The normalized spacial score (nSPS) is 15.9. The minimum absolute atomic E-state index is 0.197. The van der Waals surface area contributed by atoms with Crippen molar-refractivity contribution in [3.05, 3.63) is 23.5 Å². The van der Waals surface area contributed by atoms with Crippen molar-refractivity contribution < 1.29 is 18.7 Å². The Kier molecular flexibility index (Phi) is 5.04. The Bertz CT molecular complexity index is 485. The van der Waals surface area contributed by atoms with Gasteiger partial charge in [0.25, 0.3) is 0 Å². The number of halogens is 1. The van der Waals surface area contributed by atoms with Gasteiger partial charge >= 0.3 is 0 Å². The molecule has 0 N–H and O–H groups in total.